The summed E-state index contributed by atoms with van der Waals surface area (Å²) in [6, 6.07) is 4.48. The van der Waals surface area contributed by atoms with Crippen LogP contribution in [0.25, 0.3) is 0 Å². The first kappa shape index (κ1) is 13.3. The molecule has 2 atom stereocenters. The van der Waals surface area contributed by atoms with Crippen LogP contribution in [0.5, 0.6) is 5.75 Å². The predicted octanol–water partition coefficient (Wildman–Crippen LogP) is 3.26. The molecular formula is C14H19F2NO. The van der Waals surface area contributed by atoms with Crippen molar-refractivity contribution in [3.05, 3.63) is 29.8 Å². The van der Waals surface area contributed by atoms with E-state index in [0.717, 1.165) is 38.3 Å². The molecule has 18 heavy (non-hydrogen) atoms. The molecule has 4 heteroatoms. The van der Waals surface area contributed by atoms with Crippen LogP contribution in [0.2, 0.25) is 0 Å². The van der Waals surface area contributed by atoms with E-state index in [1.807, 2.05) is 0 Å². The van der Waals surface area contributed by atoms with E-state index in [1.54, 1.807) is 0 Å². The molecule has 0 aromatic heterocycles. The Balaban J connectivity index is 1.89. The minimum atomic E-state index is -0.887. The van der Waals surface area contributed by atoms with Gasteiger partial charge in [0, 0.05) is 6.04 Å². The van der Waals surface area contributed by atoms with Crippen molar-refractivity contribution in [3.8, 4) is 5.75 Å². The van der Waals surface area contributed by atoms with Gasteiger partial charge in [0.25, 0.3) is 0 Å². The van der Waals surface area contributed by atoms with Crippen LogP contribution in [-0.2, 0) is 0 Å². The summed E-state index contributed by atoms with van der Waals surface area (Å²) < 4.78 is 32.0. The smallest absolute Gasteiger partial charge is 0.200 e. The number of hydrogen-bond acceptors (Lipinski definition) is 2. The lowest BCUT2D eigenvalue weighted by atomic mass is 10.2. The molecule has 1 saturated carbocycles. The van der Waals surface area contributed by atoms with Gasteiger partial charge in [-0.1, -0.05) is 13.0 Å². The summed E-state index contributed by atoms with van der Waals surface area (Å²) in [4.78, 5) is 0. The Kier molecular flexibility index (Phi) is 4.53. The molecule has 2 nitrogen and oxygen atoms in total. The summed E-state index contributed by atoms with van der Waals surface area (Å²) in [6.45, 7) is 3.11. The van der Waals surface area contributed by atoms with Gasteiger partial charge in [-0.15, -0.1) is 0 Å². The van der Waals surface area contributed by atoms with Crippen LogP contribution in [0.3, 0.4) is 0 Å². The Morgan fingerprint density at radius 3 is 2.94 bits per heavy atom. The van der Waals surface area contributed by atoms with Crippen molar-refractivity contribution in [1.29, 1.82) is 0 Å². The quantitative estimate of drug-likeness (QED) is 0.872. The average Bonchev–Trinajstić information content (AvgIpc) is 2.80. The highest BCUT2D eigenvalue weighted by atomic mass is 19.2. The third-order valence-electron chi connectivity index (χ3n) is 3.28. The van der Waals surface area contributed by atoms with Gasteiger partial charge in [-0.3, -0.25) is 0 Å². The normalized spacial score (nSPS) is 23.3. The maximum atomic E-state index is 13.4. The van der Waals surface area contributed by atoms with Crippen molar-refractivity contribution in [2.24, 2.45) is 0 Å². The molecule has 1 aliphatic carbocycles. The second-order valence-corrected chi connectivity index (χ2v) is 4.76. The predicted molar refractivity (Wildman–Crippen MR) is 66.7 cm³/mol. The van der Waals surface area contributed by atoms with Crippen LogP contribution < -0.4 is 10.1 Å². The van der Waals surface area contributed by atoms with E-state index in [0.29, 0.717) is 6.04 Å². The van der Waals surface area contributed by atoms with Crippen LogP contribution in [0.1, 0.15) is 32.6 Å². The minimum Gasteiger partial charge on any atom is -0.487 e. The number of benzene rings is 1. The average molecular weight is 255 g/mol. The second kappa shape index (κ2) is 6.14. The maximum Gasteiger partial charge on any atom is 0.200 e. The van der Waals surface area contributed by atoms with Gasteiger partial charge >= 0.3 is 0 Å². The van der Waals surface area contributed by atoms with Crippen LogP contribution >= 0.6 is 0 Å². The fraction of sp³-hybridized carbons (Fsp3) is 0.571. The van der Waals surface area contributed by atoms with Gasteiger partial charge < -0.3 is 10.1 Å². The zero-order chi connectivity index (χ0) is 13.0. The number of ether oxygens (including phenoxy) is 1. The summed E-state index contributed by atoms with van der Waals surface area (Å²) in [6.07, 6.45) is 3.85. The van der Waals surface area contributed by atoms with Crippen LogP contribution in [0.15, 0.2) is 18.2 Å². The molecule has 0 radical (unpaired) electrons. The topological polar surface area (TPSA) is 21.3 Å². The molecule has 0 aliphatic heterocycles. The van der Waals surface area contributed by atoms with Gasteiger partial charge in [0.15, 0.2) is 11.6 Å². The van der Waals surface area contributed by atoms with E-state index in [2.05, 4.69) is 12.2 Å². The number of nitrogens with one attached hydrogen (secondary N) is 1. The van der Waals surface area contributed by atoms with Gasteiger partial charge in [-0.25, -0.2) is 4.39 Å². The summed E-state index contributed by atoms with van der Waals surface area (Å²) in [5, 5.41) is 3.43. The zero-order valence-corrected chi connectivity index (χ0v) is 10.6. The fourth-order valence-corrected chi connectivity index (χ4v) is 2.34. The van der Waals surface area contributed by atoms with Crippen LogP contribution in [0.4, 0.5) is 8.78 Å². The lowest BCUT2D eigenvalue weighted by Crippen LogP contribution is -2.28. The van der Waals surface area contributed by atoms with Gasteiger partial charge in [0.05, 0.1) is 0 Å². The van der Waals surface area contributed by atoms with E-state index in [1.165, 1.54) is 12.1 Å². The van der Waals surface area contributed by atoms with Crippen molar-refractivity contribution in [2.45, 2.75) is 44.8 Å². The standard InChI is InChI=1S/C14H19F2NO/c1-2-8-17-10-6-7-11(9-10)18-13-5-3-4-12(15)14(13)16/h3-5,10-11,17H,2,6-9H2,1H3. The SMILES string of the molecule is CCCNC1CCC(Oc2cccc(F)c2F)C1. The molecule has 0 bridgehead atoms. The summed E-state index contributed by atoms with van der Waals surface area (Å²) in [7, 11) is 0. The first-order valence-corrected chi connectivity index (χ1v) is 6.54. The Morgan fingerprint density at radius 1 is 1.33 bits per heavy atom. The van der Waals surface area contributed by atoms with Gasteiger partial charge in [0.1, 0.15) is 6.10 Å². The zero-order valence-electron chi connectivity index (χ0n) is 10.6. The first-order chi connectivity index (χ1) is 8.70. The molecule has 0 amide bonds. The van der Waals surface area contributed by atoms with Crippen molar-refractivity contribution in [2.75, 3.05) is 6.54 Å². The Labute approximate surface area is 106 Å². The summed E-state index contributed by atoms with van der Waals surface area (Å²) in [5.74, 6) is -1.72. The molecule has 2 rings (SSSR count). The van der Waals surface area contributed by atoms with E-state index >= 15 is 0 Å². The van der Waals surface area contributed by atoms with Crippen LogP contribution in [-0.4, -0.2) is 18.7 Å². The lowest BCUT2D eigenvalue weighted by molar-refractivity contribution is 0.195. The van der Waals surface area contributed by atoms with Gasteiger partial charge in [0.2, 0.25) is 5.82 Å². The largest absolute Gasteiger partial charge is 0.487 e. The number of hydrogen-bond donors (Lipinski definition) is 1. The van der Waals surface area contributed by atoms with Gasteiger partial charge in [-0.05, 0) is 44.4 Å². The molecule has 1 aliphatic rings. The highest BCUT2D eigenvalue weighted by Crippen LogP contribution is 2.27. The fourth-order valence-electron chi connectivity index (χ4n) is 2.34. The van der Waals surface area contributed by atoms with E-state index in [-0.39, 0.29) is 11.9 Å². The highest BCUT2D eigenvalue weighted by molar-refractivity contribution is 5.25. The molecule has 0 saturated heterocycles. The Bertz CT molecular complexity index is 397. The summed E-state index contributed by atoms with van der Waals surface area (Å²) in [5.41, 5.74) is 0. The third kappa shape index (κ3) is 3.19. The van der Waals surface area contributed by atoms with Crippen LogP contribution in [0, 0.1) is 11.6 Å². The molecule has 1 N–H and O–H groups in total. The number of rotatable bonds is 5. The van der Waals surface area contributed by atoms with E-state index in [4.69, 9.17) is 4.74 Å². The Hall–Kier alpha value is -1.16. The van der Waals surface area contributed by atoms with Crippen molar-refractivity contribution < 1.29 is 13.5 Å². The molecule has 1 aromatic rings. The third-order valence-corrected chi connectivity index (χ3v) is 3.28. The molecule has 0 spiro atoms. The minimum absolute atomic E-state index is 0.0179. The lowest BCUT2D eigenvalue weighted by Gasteiger charge is -2.15. The molecule has 1 fully saturated rings. The second-order valence-electron chi connectivity index (χ2n) is 4.76. The monoisotopic (exact) mass is 255 g/mol. The van der Waals surface area contributed by atoms with Crippen molar-refractivity contribution in [1.82, 2.24) is 5.32 Å². The molecule has 1 aromatic carbocycles. The molecular weight excluding hydrogens is 236 g/mol. The summed E-state index contributed by atoms with van der Waals surface area (Å²) >= 11 is 0. The van der Waals surface area contributed by atoms with E-state index < -0.39 is 11.6 Å². The maximum absolute atomic E-state index is 13.4. The van der Waals surface area contributed by atoms with Crippen molar-refractivity contribution in [3.63, 3.8) is 0 Å². The molecule has 2 unspecified atom stereocenters. The van der Waals surface area contributed by atoms with Crippen molar-refractivity contribution >= 4 is 0 Å². The molecule has 0 heterocycles. The van der Waals surface area contributed by atoms with E-state index in [9.17, 15) is 8.78 Å². The number of halogens is 2. The molecule has 100 valence electrons. The Morgan fingerprint density at radius 2 is 2.17 bits per heavy atom. The highest BCUT2D eigenvalue weighted by Gasteiger charge is 2.26. The van der Waals surface area contributed by atoms with Gasteiger partial charge in [-0.2, -0.15) is 4.39 Å². The first-order valence-electron chi connectivity index (χ1n) is 6.54.